The molecule has 0 spiro atoms. The van der Waals surface area contributed by atoms with Crippen LogP contribution in [-0.4, -0.2) is 56.3 Å². The molecule has 4 nitrogen and oxygen atoms in total. The molecular formula is C11H20F3N3O. The van der Waals surface area contributed by atoms with E-state index in [0.717, 1.165) is 39.1 Å². The number of nitrogens with zero attached hydrogens (tertiary/aromatic N) is 1. The molecule has 1 rings (SSSR count). The summed E-state index contributed by atoms with van der Waals surface area (Å²) in [6.45, 7) is 5.24. The monoisotopic (exact) mass is 267 g/mol. The van der Waals surface area contributed by atoms with E-state index >= 15 is 0 Å². The zero-order chi connectivity index (χ0) is 13.4. The molecule has 2 N–H and O–H groups in total. The summed E-state index contributed by atoms with van der Waals surface area (Å²) >= 11 is 0. The molecule has 0 unspecified atom stereocenters. The van der Waals surface area contributed by atoms with Crippen LogP contribution in [0.4, 0.5) is 13.2 Å². The molecule has 0 atom stereocenters. The highest BCUT2D eigenvalue weighted by atomic mass is 19.4. The Labute approximate surface area is 105 Å². The second-order valence-electron chi connectivity index (χ2n) is 4.41. The summed E-state index contributed by atoms with van der Waals surface area (Å²) in [6.07, 6.45) is -5.00. The van der Waals surface area contributed by atoms with Crippen LogP contribution >= 0.6 is 0 Å². The van der Waals surface area contributed by atoms with Crippen molar-refractivity contribution in [3.8, 4) is 0 Å². The van der Waals surface area contributed by atoms with E-state index in [4.69, 9.17) is 0 Å². The Morgan fingerprint density at radius 3 is 2.56 bits per heavy atom. The Morgan fingerprint density at radius 2 is 1.94 bits per heavy atom. The first-order valence-electron chi connectivity index (χ1n) is 6.24. The van der Waals surface area contributed by atoms with Gasteiger partial charge < -0.3 is 15.5 Å². The average molecular weight is 267 g/mol. The van der Waals surface area contributed by atoms with Crippen molar-refractivity contribution in [2.75, 3.05) is 39.3 Å². The van der Waals surface area contributed by atoms with Gasteiger partial charge in [0.25, 0.3) is 0 Å². The van der Waals surface area contributed by atoms with Gasteiger partial charge in [-0.3, -0.25) is 4.79 Å². The maximum absolute atomic E-state index is 11.9. The van der Waals surface area contributed by atoms with E-state index < -0.39 is 24.9 Å². The molecule has 1 aliphatic heterocycles. The van der Waals surface area contributed by atoms with Crippen molar-refractivity contribution in [2.24, 2.45) is 0 Å². The van der Waals surface area contributed by atoms with Gasteiger partial charge in [-0.25, -0.2) is 0 Å². The van der Waals surface area contributed by atoms with E-state index in [1.807, 2.05) is 0 Å². The fourth-order valence-corrected chi connectivity index (χ4v) is 1.81. The predicted molar refractivity (Wildman–Crippen MR) is 62.2 cm³/mol. The smallest absolute Gasteiger partial charge is 0.356 e. The molecule has 18 heavy (non-hydrogen) atoms. The number of piperazine rings is 1. The van der Waals surface area contributed by atoms with Gasteiger partial charge in [-0.05, 0) is 13.0 Å². The van der Waals surface area contributed by atoms with Crippen molar-refractivity contribution in [1.29, 1.82) is 0 Å². The van der Waals surface area contributed by atoms with Crippen molar-refractivity contribution in [1.82, 2.24) is 15.5 Å². The van der Waals surface area contributed by atoms with Gasteiger partial charge in [0.15, 0.2) is 0 Å². The third kappa shape index (κ3) is 7.50. The van der Waals surface area contributed by atoms with Crippen molar-refractivity contribution >= 4 is 5.91 Å². The van der Waals surface area contributed by atoms with Gasteiger partial charge in [-0.1, -0.05) is 0 Å². The summed E-state index contributed by atoms with van der Waals surface area (Å²) in [4.78, 5) is 13.4. The van der Waals surface area contributed by atoms with Gasteiger partial charge in [-0.2, -0.15) is 13.2 Å². The summed E-state index contributed by atoms with van der Waals surface area (Å²) in [6, 6.07) is 0. The molecule has 1 amide bonds. The lowest BCUT2D eigenvalue weighted by atomic mass is 10.2. The summed E-state index contributed by atoms with van der Waals surface area (Å²) in [5, 5.41) is 5.75. The maximum Gasteiger partial charge on any atom is 0.389 e. The quantitative estimate of drug-likeness (QED) is 0.698. The summed E-state index contributed by atoms with van der Waals surface area (Å²) < 4.78 is 35.6. The summed E-state index contributed by atoms with van der Waals surface area (Å²) in [5.74, 6) is -0.521. The number of hydrogen-bond acceptors (Lipinski definition) is 3. The van der Waals surface area contributed by atoms with Gasteiger partial charge >= 0.3 is 6.18 Å². The molecular weight excluding hydrogens is 247 g/mol. The van der Waals surface area contributed by atoms with Gasteiger partial charge in [0.2, 0.25) is 5.91 Å². The first-order valence-corrected chi connectivity index (χ1v) is 6.24. The van der Waals surface area contributed by atoms with Crippen LogP contribution < -0.4 is 10.6 Å². The minimum atomic E-state index is -4.25. The molecule has 1 heterocycles. The van der Waals surface area contributed by atoms with E-state index in [-0.39, 0.29) is 0 Å². The number of amides is 1. The molecule has 1 saturated heterocycles. The third-order valence-electron chi connectivity index (χ3n) is 2.82. The lowest BCUT2D eigenvalue weighted by Gasteiger charge is -2.27. The SMILES string of the molecule is O=C(CCC(F)(F)F)NCCCN1CCNCC1. The van der Waals surface area contributed by atoms with E-state index in [2.05, 4.69) is 15.5 Å². The Balaban J connectivity index is 1.98. The molecule has 106 valence electrons. The van der Waals surface area contributed by atoms with Crippen LogP contribution in [0.15, 0.2) is 0 Å². The molecule has 0 saturated carbocycles. The van der Waals surface area contributed by atoms with Gasteiger partial charge in [0.05, 0.1) is 6.42 Å². The van der Waals surface area contributed by atoms with E-state index in [1.54, 1.807) is 0 Å². The number of carbonyl (C=O) groups excluding carboxylic acids is 1. The largest absolute Gasteiger partial charge is 0.389 e. The van der Waals surface area contributed by atoms with Gasteiger partial charge in [0.1, 0.15) is 0 Å². The number of halogens is 3. The Kier molecular flexibility index (Phi) is 6.42. The van der Waals surface area contributed by atoms with Gasteiger partial charge in [-0.15, -0.1) is 0 Å². The van der Waals surface area contributed by atoms with Crippen molar-refractivity contribution in [3.05, 3.63) is 0 Å². The molecule has 1 fully saturated rings. The van der Waals surface area contributed by atoms with E-state index in [0.29, 0.717) is 6.54 Å². The molecule has 1 aliphatic rings. The molecule has 0 radical (unpaired) electrons. The number of nitrogens with one attached hydrogen (secondary N) is 2. The normalized spacial score (nSPS) is 17.7. The molecule has 0 aromatic carbocycles. The topological polar surface area (TPSA) is 44.4 Å². The lowest BCUT2D eigenvalue weighted by molar-refractivity contribution is -0.144. The Hall–Kier alpha value is -0.820. The Morgan fingerprint density at radius 1 is 1.28 bits per heavy atom. The average Bonchev–Trinajstić information content (AvgIpc) is 2.33. The third-order valence-corrected chi connectivity index (χ3v) is 2.82. The second-order valence-corrected chi connectivity index (χ2v) is 4.41. The summed E-state index contributed by atoms with van der Waals surface area (Å²) in [5.41, 5.74) is 0. The van der Waals surface area contributed by atoms with Crippen LogP contribution in [0, 0.1) is 0 Å². The number of alkyl halides is 3. The van der Waals surface area contributed by atoms with Crippen LogP contribution in [0.1, 0.15) is 19.3 Å². The Bertz CT molecular complexity index is 252. The summed E-state index contributed by atoms with van der Waals surface area (Å²) in [7, 11) is 0. The second kappa shape index (κ2) is 7.58. The van der Waals surface area contributed by atoms with Crippen LogP contribution in [0.25, 0.3) is 0 Å². The molecule has 7 heteroatoms. The number of rotatable bonds is 6. The van der Waals surface area contributed by atoms with Crippen LogP contribution in [-0.2, 0) is 4.79 Å². The van der Waals surface area contributed by atoms with Crippen molar-refractivity contribution < 1.29 is 18.0 Å². The molecule has 0 aliphatic carbocycles. The molecule has 0 bridgehead atoms. The van der Waals surface area contributed by atoms with E-state index in [9.17, 15) is 18.0 Å². The number of carbonyl (C=O) groups is 1. The van der Waals surface area contributed by atoms with Crippen molar-refractivity contribution in [3.63, 3.8) is 0 Å². The standard InChI is InChI=1S/C11H20F3N3O/c12-11(13,14)3-2-10(18)16-4-1-7-17-8-5-15-6-9-17/h15H,1-9H2,(H,16,18). The lowest BCUT2D eigenvalue weighted by Crippen LogP contribution is -2.44. The molecule has 0 aromatic rings. The zero-order valence-corrected chi connectivity index (χ0v) is 10.4. The zero-order valence-electron chi connectivity index (χ0n) is 10.4. The number of hydrogen-bond donors (Lipinski definition) is 2. The first-order chi connectivity index (χ1) is 8.47. The van der Waals surface area contributed by atoms with Crippen molar-refractivity contribution in [2.45, 2.75) is 25.4 Å². The minimum absolute atomic E-state index is 0.445. The highest BCUT2D eigenvalue weighted by Crippen LogP contribution is 2.20. The highest BCUT2D eigenvalue weighted by Gasteiger charge is 2.27. The molecule has 0 aromatic heterocycles. The van der Waals surface area contributed by atoms with Crippen LogP contribution in [0.2, 0.25) is 0 Å². The maximum atomic E-state index is 11.9. The fourth-order valence-electron chi connectivity index (χ4n) is 1.81. The van der Waals surface area contributed by atoms with Gasteiger partial charge in [0, 0.05) is 39.1 Å². The fraction of sp³-hybridized carbons (Fsp3) is 0.909. The van der Waals surface area contributed by atoms with Crippen LogP contribution in [0.3, 0.4) is 0 Å². The van der Waals surface area contributed by atoms with Crippen LogP contribution in [0.5, 0.6) is 0 Å². The first kappa shape index (κ1) is 15.2. The highest BCUT2D eigenvalue weighted by molar-refractivity contribution is 5.75. The van der Waals surface area contributed by atoms with E-state index in [1.165, 1.54) is 0 Å². The minimum Gasteiger partial charge on any atom is -0.356 e. The predicted octanol–water partition coefficient (Wildman–Crippen LogP) is 0.740.